The van der Waals surface area contributed by atoms with Crippen molar-refractivity contribution in [1.29, 1.82) is 0 Å². The van der Waals surface area contributed by atoms with Gasteiger partial charge in [0, 0.05) is 17.3 Å². The van der Waals surface area contributed by atoms with Crippen molar-refractivity contribution in [2.45, 2.75) is 37.8 Å². The number of aliphatic hydroxyl groups excluding tert-OH is 1. The van der Waals surface area contributed by atoms with E-state index < -0.39 is 47.0 Å². The molecule has 1 heterocycles. The maximum atomic E-state index is 14.3. The zero-order valence-electron chi connectivity index (χ0n) is 19.2. The predicted molar refractivity (Wildman–Crippen MR) is 124 cm³/mol. The number of aliphatic hydroxyl groups is 1. The molecule has 3 rings (SSSR count). The van der Waals surface area contributed by atoms with Crippen molar-refractivity contribution in [2.24, 2.45) is 7.05 Å². The average molecular weight is 493 g/mol. The summed E-state index contributed by atoms with van der Waals surface area (Å²) in [6.45, 7) is 4.41. The van der Waals surface area contributed by atoms with Gasteiger partial charge in [0.05, 0.1) is 35.1 Å². The molecule has 1 unspecified atom stereocenters. The highest BCUT2D eigenvalue weighted by Crippen LogP contribution is 2.27. The summed E-state index contributed by atoms with van der Waals surface area (Å²) in [5.74, 6) is -3.42. The normalized spacial score (nSPS) is 13.2. The molecule has 0 aliphatic carbocycles. The fraction of sp³-hybridized carbons (Fsp3) is 0.333. The second-order valence-electron chi connectivity index (χ2n) is 8.15. The van der Waals surface area contributed by atoms with E-state index in [0.29, 0.717) is 16.0 Å². The summed E-state index contributed by atoms with van der Waals surface area (Å²) in [6, 6.07) is 8.18. The topological polar surface area (TPSA) is 97.6 Å². The summed E-state index contributed by atoms with van der Waals surface area (Å²) >= 11 is 0. The number of aryl methyl sites for hydroxylation is 2. The van der Waals surface area contributed by atoms with Crippen LogP contribution < -0.4 is 5.32 Å². The zero-order valence-corrected chi connectivity index (χ0v) is 20.0. The molecule has 1 amide bonds. The maximum Gasteiger partial charge on any atom is 0.319 e. The molecule has 7 nitrogen and oxygen atoms in total. The summed E-state index contributed by atoms with van der Waals surface area (Å²) in [4.78, 5) is 25.0. The number of carbonyl (C=O) groups is 2. The molecule has 2 atom stereocenters. The SMILES string of the molecule is Cc1cc2c(cc(C(=O)N[C@H](CO)c3ccc(S(=O)CC(=O)OC(C)C)cc3)n2C)c(F)c1F. The molecule has 0 saturated heterocycles. The van der Waals surface area contributed by atoms with Gasteiger partial charge in [0.1, 0.15) is 11.4 Å². The third-order valence-electron chi connectivity index (χ3n) is 5.29. The smallest absolute Gasteiger partial charge is 0.319 e. The van der Waals surface area contributed by atoms with Gasteiger partial charge >= 0.3 is 5.97 Å². The molecule has 0 aliphatic rings. The second-order valence-corrected chi connectivity index (χ2v) is 9.60. The van der Waals surface area contributed by atoms with E-state index in [0.717, 1.165) is 0 Å². The molecule has 0 saturated carbocycles. The molecule has 0 bridgehead atoms. The molecule has 0 spiro atoms. The number of halogens is 2. The van der Waals surface area contributed by atoms with Gasteiger partial charge in [0.15, 0.2) is 11.6 Å². The first kappa shape index (κ1) is 25.5. The fourth-order valence-electron chi connectivity index (χ4n) is 3.55. The molecule has 10 heteroatoms. The Hall–Kier alpha value is -3.11. The lowest BCUT2D eigenvalue weighted by Crippen LogP contribution is -2.32. The second kappa shape index (κ2) is 10.4. The van der Waals surface area contributed by atoms with Crippen LogP contribution in [0.2, 0.25) is 0 Å². The number of benzene rings is 2. The van der Waals surface area contributed by atoms with E-state index in [4.69, 9.17) is 4.74 Å². The van der Waals surface area contributed by atoms with Crippen LogP contribution in [0.25, 0.3) is 10.9 Å². The molecule has 182 valence electrons. The average Bonchev–Trinajstić information content (AvgIpc) is 3.11. The minimum absolute atomic E-state index is 0.0147. The molecule has 0 fully saturated rings. The molecular weight excluding hydrogens is 466 g/mol. The van der Waals surface area contributed by atoms with Gasteiger partial charge in [-0.05, 0) is 56.2 Å². The van der Waals surface area contributed by atoms with E-state index in [9.17, 15) is 27.7 Å². The Morgan fingerprint density at radius 2 is 1.79 bits per heavy atom. The standard InChI is InChI=1S/C24H26F2N2O5S/c1-13(2)33-21(30)12-34(32)16-7-5-15(6-8-16)18(11-29)27-24(31)20-10-17-19(28(20)4)9-14(3)22(25)23(17)26/h5-10,13,18,29H,11-12H2,1-4H3,(H,27,31)/t18-,34?/m1/s1. The molecule has 0 aliphatic heterocycles. The van der Waals surface area contributed by atoms with Crippen LogP contribution in [0.4, 0.5) is 8.78 Å². The summed E-state index contributed by atoms with van der Waals surface area (Å²) < 4.78 is 47.1. The lowest BCUT2D eigenvalue weighted by Gasteiger charge is -2.17. The number of hydrogen-bond donors (Lipinski definition) is 2. The number of rotatable bonds is 8. The lowest BCUT2D eigenvalue weighted by molar-refractivity contribution is -0.144. The lowest BCUT2D eigenvalue weighted by atomic mass is 10.1. The number of aromatic nitrogens is 1. The van der Waals surface area contributed by atoms with Crippen molar-refractivity contribution in [3.8, 4) is 0 Å². The number of esters is 1. The van der Waals surface area contributed by atoms with Crippen LogP contribution in [0.5, 0.6) is 0 Å². The Morgan fingerprint density at radius 1 is 1.15 bits per heavy atom. The first-order chi connectivity index (χ1) is 16.0. The Balaban J connectivity index is 1.77. The van der Waals surface area contributed by atoms with Gasteiger partial charge < -0.3 is 19.7 Å². The van der Waals surface area contributed by atoms with Crippen molar-refractivity contribution in [1.82, 2.24) is 9.88 Å². The van der Waals surface area contributed by atoms with Crippen molar-refractivity contribution < 1.29 is 32.4 Å². The molecule has 0 radical (unpaired) electrons. The van der Waals surface area contributed by atoms with Crippen molar-refractivity contribution in [2.75, 3.05) is 12.4 Å². The fourth-order valence-corrected chi connectivity index (χ4v) is 4.44. The molecular formula is C24H26F2N2O5S. The highest BCUT2D eigenvalue weighted by molar-refractivity contribution is 7.85. The van der Waals surface area contributed by atoms with Gasteiger partial charge in [-0.3, -0.25) is 13.8 Å². The number of nitrogens with one attached hydrogen (secondary N) is 1. The summed E-state index contributed by atoms with van der Waals surface area (Å²) in [5.41, 5.74) is 1.12. The number of carbonyl (C=O) groups excluding carboxylic acids is 2. The van der Waals surface area contributed by atoms with Crippen molar-refractivity contribution in [3.05, 3.63) is 64.9 Å². The van der Waals surface area contributed by atoms with Crippen LogP contribution in [0.15, 0.2) is 41.3 Å². The maximum absolute atomic E-state index is 14.3. The van der Waals surface area contributed by atoms with Gasteiger partial charge in [-0.2, -0.15) is 0 Å². The molecule has 2 aromatic carbocycles. The Morgan fingerprint density at radius 3 is 2.38 bits per heavy atom. The summed E-state index contributed by atoms with van der Waals surface area (Å²) in [7, 11) is -0.0402. The molecule has 2 N–H and O–H groups in total. The minimum Gasteiger partial charge on any atom is -0.462 e. The molecule has 1 aromatic heterocycles. The van der Waals surface area contributed by atoms with E-state index in [1.54, 1.807) is 45.2 Å². The van der Waals surface area contributed by atoms with Gasteiger partial charge in [-0.1, -0.05) is 12.1 Å². The number of hydrogen-bond acceptors (Lipinski definition) is 5. The van der Waals surface area contributed by atoms with Gasteiger partial charge in [-0.15, -0.1) is 0 Å². The largest absolute Gasteiger partial charge is 0.462 e. The number of amides is 1. The van der Waals surface area contributed by atoms with Crippen LogP contribution in [0, 0.1) is 18.6 Å². The Bertz CT molecular complexity index is 1250. The van der Waals surface area contributed by atoms with Crippen LogP contribution in [-0.2, 0) is 27.4 Å². The first-order valence-electron chi connectivity index (χ1n) is 10.6. The predicted octanol–water partition coefficient (Wildman–Crippen LogP) is 3.29. The highest BCUT2D eigenvalue weighted by atomic mass is 32.2. The third kappa shape index (κ3) is 5.34. The number of nitrogens with zero attached hydrogens (tertiary/aromatic N) is 1. The van der Waals surface area contributed by atoms with Crippen LogP contribution in [-0.4, -0.2) is 44.2 Å². The third-order valence-corrected chi connectivity index (χ3v) is 6.59. The monoisotopic (exact) mass is 492 g/mol. The van der Waals surface area contributed by atoms with E-state index in [2.05, 4.69) is 5.32 Å². The number of ether oxygens (including phenoxy) is 1. The first-order valence-corrected chi connectivity index (χ1v) is 11.9. The minimum atomic E-state index is -1.61. The van der Waals surface area contributed by atoms with Gasteiger partial charge in [0.2, 0.25) is 0 Å². The summed E-state index contributed by atoms with van der Waals surface area (Å²) in [6.07, 6.45) is -0.304. The van der Waals surface area contributed by atoms with E-state index in [-0.39, 0.29) is 28.5 Å². The van der Waals surface area contributed by atoms with E-state index in [1.165, 1.54) is 23.6 Å². The quantitative estimate of drug-likeness (QED) is 0.471. The van der Waals surface area contributed by atoms with Gasteiger partial charge in [-0.25, -0.2) is 8.78 Å². The van der Waals surface area contributed by atoms with Gasteiger partial charge in [0.25, 0.3) is 5.91 Å². The van der Waals surface area contributed by atoms with E-state index in [1.807, 2.05) is 0 Å². The zero-order chi connectivity index (χ0) is 25.2. The Kier molecular flexibility index (Phi) is 7.83. The van der Waals surface area contributed by atoms with Crippen LogP contribution >= 0.6 is 0 Å². The van der Waals surface area contributed by atoms with Crippen molar-refractivity contribution in [3.63, 3.8) is 0 Å². The van der Waals surface area contributed by atoms with E-state index >= 15 is 0 Å². The molecule has 3 aromatic rings. The highest BCUT2D eigenvalue weighted by Gasteiger charge is 2.22. The van der Waals surface area contributed by atoms with Crippen molar-refractivity contribution >= 4 is 33.6 Å². The molecule has 34 heavy (non-hydrogen) atoms. The Labute approximate surface area is 198 Å². The number of fused-ring (bicyclic) bond motifs is 1. The summed E-state index contributed by atoms with van der Waals surface area (Å²) in [5, 5.41) is 12.5. The van der Waals surface area contributed by atoms with Crippen LogP contribution in [0.1, 0.15) is 41.5 Å². The van der Waals surface area contributed by atoms with Crippen LogP contribution in [0.3, 0.4) is 0 Å².